The van der Waals surface area contributed by atoms with Crippen molar-refractivity contribution >= 4 is 5.97 Å². The van der Waals surface area contributed by atoms with Crippen molar-refractivity contribution in [3.63, 3.8) is 0 Å². The zero-order valence-corrected chi connectivity index (χ0v) is 6.50. The Kier molecular flexibility index (Phi) is 0.980. The van der Waals surface area contributed by atoms with Crippen molar-refractivity contribution < 1.29 is 9.53 Å². The van der Waals surface area contributed by atoms with E-state index in [-0.39, 0.29) is 5.97 Å². The fourth-order valence-corrected chi connectivity index (χ4v) is 1.35. The van der Waals surface area contributed by atoms with Gasteiger partial charge in [0, 0.05) is 6.20 Å². The minimum absolute atomic E-state index is 0.236. The Morgan fingerprint density at radius 1 is 1.55 bits per heavy atom. The van der Waals surface area contributed by atoms with Crippen LogP contribution in [-0.4, -0.2) is 10.5 Å². The maximum absolute atomic E-state index is 11.1. The Morgan fingerprint density at radius 3 is 2.91 bits per heavy atom. The molecule has 1 aromatic heterocycles. The lowest BCUT2D eigenvalue weighted by Gasteiger charge is -2.18. The van der Waals surface area contributed by atoms with Crippen LogP contribution < -0.4 is 0 Å². The van der Waals surface area contributed by atoms with Crippen LogP contribution in [0.3, 0.4) is 0 Å². The highest BCUT2D eigenvalue weighted by Gasteiger charge is 2.35. The molecule has 0 N–H and O–H groups in total. The minimum Gasteiger partial charge on any atom is -0.434 e. The van der Waals surface area contributed by atoms with Gasteiger partial charge in [-0.2, -0.15) is 0 Å². The van der Waals surface area contributed by atoms with E-state index in [2.05, 4.69) is 0 Å². The topological polar surface area (TPSA) is 31.2 Å². The summed E-state index contributed by atoms with van der Waals surface area (Å²) in [5, 5.41) is 0. The molecule has 3 heteroatoms. The van der Waals surface area contributed by atoms with Gasteiger partial charge in [0.1, 0.15) is 5.69 Å². The number of rotatable bonds is 0. The molecule has 1 aromatic rings. The van der Waals surface area contributed by atoms with Crippen LogP contribution in [0.5, 0.6) is 0 Å². The fourth-order valence-electron chi connectivity index (χ4n) is 1.35. The van der Waals surface area contributed by atoms with Crippen LogP contribution in [0.25, 0.3) is 0 Å². The van der Waals surface area contributed by atoms with E-state index in [1.165, 1.54) is 0 Å². The maximum atomic E-state index is 11.1. The van der Waals surface area contributed by atoms with Gasteiger partial charge in [-0.1, -0.05) is 0 Å². The molecular weight excluding hydrogens is 142 g/mol. The Hall–Kier alpha value is -1.25. The van der Waals surface area contributed by atoms with E-state index in [0.29, 0.717) is 5.69 Å². The average Bonchev–Trinajstić information content (AvgIpc) is 2.37. The number of carbonyl (C=O) groups is 1. The molecule has 0 unspecified atom stereocenters. The van der Waals surface area contributed by atoms with Crippen molar-refractivity contribution in [3.8, 4) is 0 Å². The molecule has 0 bridgehead atoms. The second-order valence-electron chi connectivity index (χ2n) is 3.10. The summed E-state index contributed by atoms with van der Waals surface area (Å²) in [5.41, 5.74) is 0.130. The highest BCUT2D eigenvalue weighted by Crippen LogP contribution is 2.28. The highest BCUT2D eigenvalue weighted by atomic mass is 16.6. The number of esters is 1. The molecule has 11 heavy (non-hydrogen) atoms. The normalized spacial score (nSPS) is 19.6. The molecule has 0 atom stereocenters. The molecule has 0 amide bonds. The lowest BCUT2D eigenvalue weighted by molar-refractivity contribution is -0.0182. The van der Waals surface area contributed by atoms with Gasteiger partial charge in [0.25, 0.3) is 0 Å². The molecule has 2 rings (SSSR count). The van der Waals surface area contributed by atoms with E-state index < -0.39 is 5.72 Å². The molecule has 3 nitrogen and oxygen atoms in total. The molecule has 2 heterocycles. The number of cyclic esters (lactones) is 1. The fraction of sp³-hybridized carbons (Fsp3) is 0.375. The third-order valence-electron chi connectivity index (χ3n) is 1.88. The predicted molar refractivity (Wildman–Crippen MR) is 39.2 cm³/mol. The van der Waals surface area contributed by atoms with E-state index in [1.807, 2.05) is 30.7 Å². The van der Waals surface area contributed by atoms with Crippen LogP contribution in [0.2, 0.25) is 0 Å². The number of fused-ring (bicyclic) bond motifs is 1. The quantitative estimate of drug-likeness (QED) is 0.524. The van der Waals surface area contributed by atoms with Crippen LogP contribution in [0.15, 0.2) is 18.3 Å². The molecular formula is C8H9NO2. The molecule has 58 valence electrons. The number of carbonyl (C=O) groups excluding carboxylic acids is 1. The van der Waals surface area contributed by atoms with Gasteiger partial charge in [-0.25, -0.2) is 4.79 Å². The molecule has 0 fully saturated rings. The van der Waals surface area contributed by atoms with Crippen LogP contribution in [0.4, 0.5) is 0 Å². The zero-order chi connectivity index (χ0) is 8.06. The van der Waals surface area contributed by atoms with Crippen molar-refractivity contribution in [2.45, 2.75) is 19.6 Å². The van der Waals surface area contributed by atoms with Crippen molar-refractivity contribution in [1.82, 2.24) is 4.57 Å². The van der Waals surface area contributed by atoms with Gasteiger partial charge in [-0.05, 0) is 26.0 Å². The number of hydrogen-bond donors (Lipinski definition) is 0. The minimum atomic E-state index is -0.504. The number of nitrogens with zero attached hydrogens (tertiary/aromatic N) is 1. The van der Waals surface area contributed by atoms with E-state index in [0.717, 1.165) is 0 Å². The molecule has 0 saturated heterocycles. The Labute approximate surface area is 64.6 Å². The highest BCUT2D eigenvalue weighted by molar-refractivity contribution is 5.89. The first kappa shape index (κ1) is 6.46. The van der Waals surface area contributed by atoms with Crippen molar-refractivity contribution in [2.24, 2.45) is 0 Å². The number of hydrogen-bond acceptors (Lipinski definition) is 2. The van der Waals surface area contributed by atoms with Crippen LogP contribution in [0, 0.1) is 0 Å². The summed E-state index contributed by atoms with van der Waals surface area (Å²) < 4.78 is 6.91. The molecule has 0 saturated carbocycles. The Balaban J connectivity index is 2.63. The maximum Gasteiger partial charge on any atom is 0.357 e. The smallest absolute Gasteiger partial charge is 0.357 e. The summed E-state index contributed by atoms with van der Waals surface area (Å²) in [4.78, 5) is 11.1. The van der Waals surface area contributed by atoms with Crippen LogP contribution >= 0.6 is 0 Å². The first-order chi connectivity index (χ1) is 5.11. The van der Waals surface area contributed by atoms with Crippen LogP contribution in [0.1, 0.15) is 24.3 Å². The molecule has 0 spiro atoms. The van der Waals surface area contributed by atoms with E-state index >= 15 is 0 Å². The summed E-state index contributed by atoms with van der Waals surface area (Å²) in [5.74, 6) is -0.236. The second kappa shape index (κ2) is 1.67. The van der Waals surface area contributed by atoms with Gasteiger partial charge in [0.15, 0.2) is 5.72 Å². The standard InChI is InChI=1S/C8H9NO2/c1-8(2)9-5-3-4-6(9)7(10)11-8/h3-5H,1-2H3. The van der Waals surface area contributed by atoms with Gasteiger partial charge >= 0.3 is 5.97 Å². The second-order valence-corrected chi connectivity index (χ2v) is 3.10. The van der Waals surface area contributed by atoms with Crippen molar-refractivity contribution in [3.05, 3.63) is 24.0 Å². The predicted octanol–water partition coefficient (Wildman–Crippen LogP) is 1.35. The van der Waals surface area contributed by atoms with E-state index in [4.69, 9.17) is 4.74 Å². The molecule has 1 aliphatic rings. The summed E-state index contributed by atoms with van der Waals surface area (Å²) in [6, 6.07) is 3.61. The summed E-state index contributed by atoms with van der Waals surface area (Å²) >= 11 is 0. The first-order valence-corrected chi connectivity index (χ1v) is 3.52. The molecule has 1 aliphatic heterocycles. The SMILES string of the molecule is CC1(C)OC(=O)c2cccn21. The monoisotopic (exact) mass is 151 g/mol. The average molecular weight is 151 g/mol. The lowest BCUT2D eigenvalue weighted by atomic mass is 10.3. The summed E-state index contributed by atoms with van der Waals surface area (Å²) in [6.07, 6.45) is 1.85. The van der Waals surface area contributed by atoms with Gasteiger partial charge in [0.05, 0.1) is 0 Å². The van der Waals surface area contributed by atoms with Crippen molar-refractivity contribution in [2.75, 3.05) is 0 Å². The van der Waals surface area contributed by atoms with Crippen LogP contribution in [-0.2, 0) is 10.5 Å². The number of aromatic nitrogens is 1. The number of ether oxygens (including phenoxy) is 1. The summed E-state index contributed by atoms with van der Waals surface area (Å²) in [7, 11) is 0. The molecule has 0 aliphatic carbocycles. The first-order valence-electron chi connectivity index (χ1n) is 3.52. The zero-order valence-electron chi connectivity index (χ0n) is 6.50. The largest absolute Gasteiger partial charge is 0.434 e. The van der Waals surface area contributed by atoms with Gasteiger partial charge in [-0.15, -0.1) is 0 Å². The van der Waals surface area contributed by atoms with Gasteiger partial charge in [0.2, 0.25) is 0 Å². The van der Waals surface area contributed by atoms with Gasteiger partial charge in [-0.3, -0.25) is 0 Å². The van der Waals surface area contributed by atoms with E-state index in [1.54, 1.807) is 6.07 Å². The molecule has 0 radical (unpaired) electrons. The lowest BCUT2D eigenvalue weighted by Crippen LogP contribution is -2.22. The third-order valence-corrected chi connectivity index (χ3v) is 1.88. The Morgan fingerprint density at radius 2 is 2.27 bits per heavy atom. The van der Waals surface area contributed by atoms with E-state index in [9.17, 15) is 4.79 Å². The van der Waals surface area contributed by atoms with Gasteiger partial charge < -0.3 is 9.30 Å². The Bertz CT molecular complexity index is 312. The third kappa shape index (κ3) is 0.707. The van der Waals surface area contributed by atoms with Crippen molar-refractivity contribution in [1.29, 1.82) is 0 Å². The molecule has 0 aromatic carbocycles. The summed E-state index contributed by atoms with van der Waals surface area (Å²) in [6.45, 7) is 3.72.